The summed E-state index contributed by atoms with van der Waals surface area (Å²) in [5.41, 5.74) is 6.07. The van der Waals surface area contributed by atoms with E-state index in [1.54, 1.807) is 12.1 Å². The van der Waals surface area contributed by atoms with Crippen molar-refractivity contribution in [3.05, 3.63) is 137 Å². The van der Waals surface area contributed by atoms with Gasteiger partial charge in [-0.15, -0.1) is 10.2 Å². The number of hydrogen-bond acceptors (Lipinski definition) is 6. The van der Waals surface area contributed by atoms with Crippen LogP contribution in [0.25, 0.3) is 22.2 Å². The van der Waals surface area contributed by atoms with Crippen LogP contribution in [0.5, 0.6) is 11.8 Å². The van der Waals surface area contributed by atoms with Crippen molar-refractivity contribution < 1.29 is 19.4 Å². The molecular weight excluding hydrogens is 528 g/mol. The molecule has 8 heteroatoms. The Hall–Kier alpha value is -5.50. The molecular formula is C34H28N4O4. The van der Waals surface area contributed by atoms with Crippen LogP contribution in [0.3, 0.4) is 0 Å². The maximum Gasteiger partial charge on any atom is 0.336 e. The number of carboxylic acid groups (broad SMARTS) is 1. The second-order valence-corrected chi connectivity index (χ2v) is 9.85. The number of hydrogen-bond donors (Lipinski definition) is 1. The lowest BCUT2D eigenvalue weighted by Gasteiger charge is -2.13. The van der Waals surface area contributed by atoms with E-state index in [0.29, 0.717) is 48.1 Å². The van der Waals surface area contributed by atoms with E-state index in [2.05, 4.69) is 10.2 Å². The third kappa shape index (κ3) is 5.69. The van der Waals surface area contributed by atoms with E-state index in [-0.39, 0.29) is 5.56 Å². The number of aromatic nitrogens is 4. The molecule has 0 aliphatic rings. The summed E-state index contributed by atoms with van der Waals surface area (Å²) in [4.78, 5) is 16.5. The highest BCUT2D eigenvalue weighted by molar-refractivity contribution is 5.96. The summed E-state index contributed by atoms with van der Waals surface area (Å²) in [6.45, 7) is 3.09. The molecule has 208 valence electrons. The molecule has 0 aliphatic carbocycles. The van der Waals surface area contributed by atoms with E-state index in [1.807, 2.05) is 109 Å². The predicted octanol–water partition coefficient (Wildman–Crippen LogP) is 6.71. The maximum atomic E-state index is 11.7. The first-order valence-electron chi connectivity index (χ1n) is 13.6. The van der Waals surface area contributed by atoms with Gasteiger partial charge in [0.25, 0.3) is 11.8 Å². The van der Waals surface area contributed by atoms with Crippen molar-refractivity contribution in [1.29, 1.82) is 0 Å². The maximum absolute atomic E-state index is 11.7. The van der Waals surface area contributed by atoms with Crippen LogP contribution in [-0.4, -0.2) is 30.8 Å². The molecule has 6 rings (SSSR count). The fourth-order valence-corrected chi connectivity index (χ4v) is 4.85. The minimum atomic E-state index is -0.954. The summed E-state index contributed by atoms with van der Waals surface area (Å²) in [6, 6.07) is 34.6. The van der Waals surface area contributed by atoms with Crippen LogP contribution in [0.2, 0.25) is 0 Å². The fraction of sp³-hybridized carbons (Fsp3) is 0.118. The Kier molecular flexibility index (Phi) is 7.59. The molecule has 4 aromatic carbocycles. The number of fused-ring (bicyclic) bond motifs is 1. The summed E-state index contributed by atoms with van der Waals surface area (Å²) in [5.74, 6) is 0.510. The standard InChI is InChI=1S/C34H28N4O4/c1-23-35-30-31(38(23)20-24-16-18-27(19-17-24)28-14-8-9-15-29(28)34(39)40)33(42-22-26-12-6-3-7-13-26)37-36-32(30)41-21-25-10-4-2-5-11-25/h2-19H,20-22H2,1H3,(H,39,40). The van der Waals surface area contributed by atoms with Crippen molar-refractivity contribution >= 4 is 17.0 Å². The molecule has 1 N–H and O–H groups in total. The number of carboxylic acids is 1. The molecule has 0 amide bonds. The summed E-state index contributed by atoms with van der Waals surface area (Å²) in [5, 5.41) is 18.4. The molecule has 0 aliphatic heterocycles. The molecule has 0 fully saturated rings. The molecule has 42 heavy (non-hydrogen) atoms. The van der Waals surface area contributed by atoms with Crippen molar-refractivity contribution in [2.24, 2.45) is 0 Å². The monoisotopic (exact) mass is 556 g/mol. The Bertz CT molecular complexity index is 1840. The highest BCUT2D eigenvalue weighted by atomic mass is 16.5. The van der Waals surface area contributed by atoms with Gasteiger partial charge in [-0.05, 0) is 40.8 Å². The number of benzene rings is 4. The normalized spacial score (nSPS) is 11.0. The Balaban J connectivity index is 1.34. The Morgan fingerprint density at radius 3 is 1.93 bits per heavy atom. The topological polar surface area (TPSA) is 99.4 Å². The van der Waals surface area contributed by atoms with E-state index in [4.69, 9.17) is 14.5 Å². The molecule has 2 heterocycles. The van der Waals surface area contributed by atoms with Crippen LogP contribution in [0, 0.1) is 6.92 Å². The van der Waals surface area contributed by atoms with Crippen LogP contribution < -0.4 is 9.47 Å². The van der Waals surface area contributed by atoms with Gasteiger partial charge in [-0.3, -0.25) is 0 Å². The van der Waals surface area contributed by atoms with Crippen LogP contribution in [0.1, 0.15) is 32.9 Å². The van der Waals surface area contributed by atoms with Gasteiger partial charge in [0, 0.05) is 6.54 Å². The number of nitrogens with zero attached hydrogens (tertiary/aromatic N) is 4. The molecule has 0 radical (unpaired) electrons. The Labute approximate surface area is 242 Å². The number of aromatic carboxylic acids is 1. The molecule has 0 saturated heterocycles. The Morgan fingerprint density at radius 2 is 1.29 bits per heavy atom. The van der Waals surface area contributed by atoms with Crippen molar-refractivity contribution in [1.82, 2.24) is 19.7 Å². The van der Waals surface area contributed by atoms with Crippen molar-refractivity contribution in [2.45, 2.75) is 26.7 Å². The van der Waals surface area contributed by atoms with Gasteiger partial charge in [-0.25, -0.2) is 9.78 Å². The fourth-order valence-electron chi connectivity index (χ4n) is 4.85. The molecule has 8 nitrogen and oxygen atoms in total. The van der Waals surface area contributed by atoms with Gasteiger partial charge >= 0.3 is 5.97 Å². The van der Waals surface area contributed by atoms with Gasteiger partial charge < -0.3 is 19.1 Å². The van der Waals surface area contributed by atoms with E-state index in [1.165, 1.54) is 0 Å². The highest BCUT2D eigenvalue weighted by Gasteiger charge is 2.21. The smallest absolute Gasteiger partial charge is 0.336 e. The van der Waals surface area contributed by atoms with E-state index >= 15 is 0 Å². The lowest BCUT2D eigenvalue weighted by molar-refractivity contribution is 0.0697. The summed E-state index contributed by atoms with van der Waals surface area (Å²) in [7, 11) is 0. The zero-order valence-corrected chi connectivity index (χ0v) is 23.0. The minimum absolute atomic E-state index is 0.267. The highest BCUT2D eigenvalue weighted by Crippen LogP contribution is 2.32. The van der Waals surface area contributed by atoms with Gasteiger partial charge in [-0.1, -0.05) is 103 Å². The van der Waals surface area contributed by atoms with Gasteiger partial charge in [0.05, 0.1) is 5.56 Å². The van der Waals surface area contributed by atoms with Crippen LogP contribution in [0.4, 0.5) is 0 Å². The van der Waals surface area contributed by atoms with Gasteiger partial charge in [0.2, 0.25) is 0 Å². The lowest BCUT2D eigenvalue weighted by atomic mass is 9.99. The lowest BCUT2D eigenvalue weighted by Crippen LogP contribution is -2.07. The molecule has 0 spiro atoms. The van der Waals surface area contributed by atoms with Crippen LogP contribution >= 0.6 is 0 Å². The second-order valence-electron chi connectivity index (χ2n) is 9.85. The number of carbonyl (C=O) groups is 1. The SMILES string of the molecule is Cc1nc2c(OCc3ccccc3)nnc(OCc3ccccc3)c2n1Cc1ccc(-c2ccccc2C(=O)O)cc1. The number of aryl methyl sites for hydroxylation is 1. The second kappa shape index (κ2) is 11.9. The van der Waals surface area contributed by atoms with Crippen LogP contribution in [0.15, 0.2) is 109 Å². The van der Waals surface area contributed by atoms with Gasteiger partial charge in [0.1, 0.15) is 24.6 Å². The summed E-state index contributed by atoms with van der Waals surface area (Å²) >= 11 is 0. The third-order valence-electron chi connectivity index (χ3n) is 7.00. The quantitative estimate of drug-likeness (QED) is 0.200. The number of imidazole rings is 1. The third-order valence-corrected chi connectivity index (χ3v) is 7.00. The predicted molar refractivity (Wildman–Crippen MR) is 160 cm³/mol. The average molecular weight is 557 g/mol. The largest absolute Gasteiger partial charge is 0.478 e. The minimum Gasteiger partial charge on any atom is -0.478 e. The van der Waals surface area contributed by atoms with E-state index < -0.39 is 5.97 Å². The first-order chi connectivity index (χ1) is 20.6. The van der Waals surface area contributed by atoms with Crippen LogP contribution in [-0.2, 0) is 19.8 Å². The first-order valence-corrected chi connectivity index (χ1v) is 13.6. The molecule has 2 aromatic heterocycles. The molecule has 0 unspecified atom stereocenters. The molecule has 0 saturated carbocycles. The molecule has 0 atom stereocenters. The van der Waals surface area contributed by atoms with Gasteiger partial charge in [-0.2, -0.15) is 0 Å². The number of rotatable bonds is 10. The number of ether oxygens (including phenoxy) is 2. The summed E-state index contributed by atoms with van der Waals surface area (Å²) < 4.78 is 14.3. The zero-order chi connectivity index (χ0) is 28.9. The van der Waals surface area contributed by atoms with Crippen molar-refractivity contribution in [3.63, 3.8) is 0 Å². The van der Waals surface area contributed by atoms with Crippen molar-refractivity contribution in [3.8, 4) is 22.9 Å². The molecule has 6 aromatic rings. The average Bonchev–Trinajstić information content (AvgIpc) is 3.36. The first kappa shape index (κ1) is 26.7. The zero-order valence-electron chi connectivity index (χ0n) is 23.0. The Morgan fingerprint density at radius 1 is 0.714 bits per heavy atom. The van der Waals surface area contributed by atoms with E-state index in [9.17, 15) is 9.90 Å². The van der Waals surface area contributed by atoms with E-state index in [0.717, 1.165) is 28.1 Å². The summed E-state index contributed by atoms with van der Waals surface area (Å²) in [6.07, 6.45) is 0. The molecule has 0 bridgehead atoms. The van der Waals surface area contributed by atoms with Gasteiger partial charge in [0.15, 0.2) is 5.52 Å². The van der Waals surface area contributed by atoms with Crippen molar-refractivity contribution in [2.75, 3.05) is 0 Å².